The van der Waals surface area contributed by atoms with Crippen LogP contribution in [0.2, 0.25) is 0 Å². The SMILES string of the molecule is COC(=O)CN/C=C(/C#N)C(=O)Nc1c(C)cccc1C(C)C. The van der Waals surface area contributed by atoms with Crippen LogP contribution in [-0.2, 0) is 14.3 Å². The number of carbonyl (C=O) groups is 2. The van der Waals surface area contributed by atoms with Gasteiger partial charge in [-0.05, 0) is 24.0 Å². The summed E-state index contributed by atoms with van der Waals surface area (Å²) < 4.78 is 4.47. The molecule has 0 aromatic heterocycles. The van der Waals surface area contributed by atoms with E-state index in [9.17, 15) is 9.59 Å². The van der Waals surface area contributed by atoms with Crippen LogP contribution in [-0.4, -0.2) is 25.5 Å². The number of nitrogens with zero attached hydrogens (tertiary/aromatic N) is 1. The molecule has 122 valence electrons. The fourth-order valence-electron chi connectivity index (χ4n) is 1.98. The maximum atomic E-state index is 12.3. The summed E-state index contributed by atoms with van der Waals surface area (Å²) in [5.74, 6) is -0.779. The number of nitriles is 1. The largest absolute Gasteiger partial charge is 0.468 e. The summed E-state index contributed by atoms with van der Waals surface area (Å²) in [5.41, 5.74) is 2.51. The van der Waals surface area contributed by atoms with E-state index in [1.54, 1.807) is 0 Å². The van der Waals surface area contributed by atoms with Gasteiger partial charge in [0.25, 0.3) is 5.91 Å². The highest BCUT2D eigenvalue weighted by Crippen LogP contribution is 2.27. The molecule has 0 bridgehead atoms. The predicted molar refractivity (Wildman–Crippen MR) is 87.6 cm³/mol. The Bertz CT molecular complexity index is 658. The van der Waals surface area contributed by atoms with E-state index < -0.39 is 11.9 Å². The highest BCUT2D eigenvalue weighted by Gasteiger charge is 2.15. The quantitative estimate of drug-likeness (QED) is 0.477. The Kier molecular flexibility index (Phi) is 6.81. The van der Waals surface area contributed by atoms with Crippen molar-refractivity contribution in [3.8, 4) is 6.07 Å². The second-order valence-corrected chi connectivity index (χ2v) is 5.27. The summed E-state index contributed by atoms with van der Waals surface area (Å²) >= 11 is 0. The Morgan fingerprint density at radius 1 is 1.39 bits per heavy atom. The van der Waals surface area contributed by atoms with Gasteiger partial charge >= 0.3 is 5.97 Å². The molecule has 0 saturated heterocycles. The second-order valence-electron chi connectivity index (χ2n) is 5.27. The van der Waals surface area contributed by atoms with E-state index in [2.05, 4.69) is 15.4 Å². The van der Waals surface area contributed by atoms with Gasteiger partial charge in [-0.2, -0.15) is 5.26 Å². The topological polar surface area (TPSA) is 91.2 Å². The molecule has 2 N–H and O–H groups in total. The van der Waals surface area contributed by atoms with Crippen molar-refractivity contribution in [1.82, 2.24) is 5.32 Å². The first kappa shape index (κ1) is 18.2. The van der Waals surface area contributed by atoms with Crippen LogP contribution in [0.4, 0.5) is 5.69 Å². The molecule has 0 fully saturated rings. The van der Waals surface area contributed by atoms with Crippen molar-refractivity contribution in [2.45, 2.75) is 26.7 Å². The maximum absolute atomic E-state index is 12.3. The third-order valence-electron chi connectivity index (χ3n) is 3.25. The average Bonchev–Trinajstić information content (AvgIpc) is 2.52. The Labute approximate surface area is 136 Å². The van der Waals surface area contributed by atoms with Crippen molar-refractivity contribution in [3.05, 3.63) is 41.1 Å². The first-order chi connectivity index (χ1) is 10.9. The second kappa shape index (κ2) is 8.59. The van der Waals surface area contributed by atoms with Crippen molar-refractivity contribution in [1.29, 1.82) is 5.26 Å². The molecule has 0 heterocycles. The average molecular weight is 315 g/mol. The van der Waals surface area contributed by atoms with Gasteiger partial charge in [-0.15, -0.1) is 0 Å². The molecule has 1 amide bonds. The number of methoxy groups -OCH3 is 1. The monoisotopic (exact) mass is 315 g/mol. The van der Waals surface area contributed by atoms with Crippen LogP contribution in [0.25, 0.3) is 0 Å². The van der Waals surface area contributed by atoms with Crippen LogP contribution in [0, 0.1) is 18.3 Å². The summed E-state index contributed by atoms with van der Waals surface area (Å²) in [6, 6.07) is 7.58. The van der Waals surface area contributed by atoms with Gasteiger partial charge in [0, 0.05) is 11.9 Å². The van der Waals surface area contributed by atoms with Crippen molar-refractivity contribution < 1.29 is 14.3 Å². The lowest BCUT2D eigenvalue weighted by molar-refractivity contribution is -0.139. The number of rotatable bonds is 6. The molecule has 6 nitrogen and oxygen atoms in total. The number of benzene rings is 1. The van der Waals surface area contributed by atoms with Gasteiger partial charge in [-0.1, -0.05) is 32.0 Å². The molecule has 0 aliphatic heterocycles. The van der Waals surface area contributed by atoms with Gasteiger partial charge in [0.05, 0.1) is 7.11 Å². The molecular formula is C17H21N3O3. The van der Waals surface area contributed by atoms with Gasteiger partial charge < -0.3 is 15.4 Å². The van der Waals surface area contributed by atoms with E-state index in [4.69, 9.17) is 5.26 Å². The Balaban J connectivity index is 2.92. The van der Waals surface area contributed by atoms with E-state index in [1.165, 1.54) is 13.3 Å². The molecule has 0 aliphatic carbocycles. The number of para-hydroxylation sites is 1. The number of esters is 1. The minimum Gasteiger partial charge on any atom is -0.468 e. The maximum Gasteiger partial charge on any atom is 0.325 e. The molecule has 0 atom stereocenters. The smallest absolute Gasteiger partial charge is 0.325 e. The van der Waals surface area contributed by atoms with Gasteiger partial charge in [-0.3, -0.25) is 9.59 Å². The van der Waals surface area contributed by atoms with E-state index >= 15 is 0 Å². The van der Waals surface area contributed by atoms with E-state index in [-0.39, 0.29) is 18.0 Å². The summed E-state index contributed by atoms with van der Waals surface area (Å²) in [7, 11) is 1.26. The number of hydrogen-bond donors (Lipinski definition) is 2. The lowest BCUT2D eigenvalue weighted by atomic mass is 9.98. The minimum atomic E-state index is -0.527. The van der Waals surface area contributed by atoms with Crippen LogP contribution in [0.5, 0.6) is 0 Å². The molecule has 1 rings (SSSR count). The van der Waals surface area contributed by atoms with Crippen molar-refractivity contribution in [2.75, 3.05) is 19.0 Å². The number of aryl methyl sites for hydroxylation is 1. The number of carbonyl (C=O) groups excluding carboxylic acids is 2. The zero-order valence-electron chi connectivity index (χ0n) is 13.8. The number of amides is 1. The molecule has 0 unspecified atom stereocenters. The highest BCUT2D eigenvalue weighted by molar-refractivity contribution is 6.07. The van der Waals surface area contributed by atoms with Crippen LogP contribution < -0.4 is 10.6 Å². The van der Waals surface area contributed by atoms with Gasteiger partial charge in [0.2, 0.25) is 0 Å². The lowest BCUT2D eigenvalue weighted by Gasteiger charge is -2.16. The highest BCUT2D eigenvalue weighted by atomic mass is 16.5. The fraction of sp³-hybridized carbons (Fsp3) is 0.353. The third-order valence-corrected chi connectivity index (χ3v) is 3.25. The van der Waals surface area contributed by atoms with Crippen molar-refractivity contribution in [3.63, 3.8) is 0 Å². The van der Waals surface area contributed by atoms with Crippen LogP contribution in [0.15, 0.2) is 30.0 Å². The summed E-state index contributed by atoms with van der Waals surface area (Å²) in [4.78, 5) is 23.3. The van der Waals surface area contributed by atoms with Crippen LogP contribution >= 0.6 is 0 Å². The van der Waals surface area contributed by atoms with Gasteiger partial charge in [0.15, 0.2) is 0 Å². The normalized spacial score (nSPS) is 10.9. The zero-order valence-corrected chi connectivity index (χ0v) is 13.8. The fourth-order valence-corrected chi connectivity index (χ4v) is 1.98. The number of hydrogen-bond acceptors (Lipinski definition) is 5. The first-order valence-corrected chi connectivity index (χ1v) is 7.22. The van der Waals surface area contributed by atoms with Gasteiger partial charge in [-0.25, -0.2) is 0 Å². The number of ether oxygens (including phenoxy) is 1. The summed E-state index contributed by atoms with van der Waals surface area (Å²) in [6.07, 6.45) is 1.21. The zero-order chi connectivity index (χ0) is 17.4. The Hall–Kier alpha value is -2.81. The first-order valence-electron chi connectivity index (χ1n) is 7.22. The van der Waals surface area contributed by atoms with Crippen LogP contribution in [0.3, 0.4) is 0 Å². The summed E-state index contributed by atoms with van der Waals surface area (Å²) in [6.45, 7) is 5.84. The summed E-state index contributed by atoms with van der Waals surface area (Å²) in [5, 5.41) is 14.5. The van der Waals surface area contributed by atoms with Crippen molar-refractivity contribution >= 4 is 17.6 Å². The Morgan fingerprint density at radius 3 is 2.65 bits per heavy atom. The standard InChI is InChI=1S/C17H21N3O3/c1-11(2)14-7-5-6-12(3)16(14)20-17(22)13(8-18)9-19-10-15(21)23-4/h5-7,9,11,19H,10H2,1-4H3,(H,20,22)/b13-9-. The van der Waals surface area contributed by atoms with Crippen LogP contribution in [0.1, 0.15) is 30.9 Å². The van der Waals surface area contributed by atoms with E-state index in [1.807, 2.05) is 45.0 Å². The molecular weight excluding hydrogens is 294 g/mol. The van der Waals surface area contributed by atoms with E-state index in [0.29, 0.717) is 5.69 Å². The van der Waals surface area contributed by atoms with E-state index in [0.717, 1.165) is 11.1 Å². The van der Waals surface area contributed by atoms with Crippen molar-refractivity contribution in [2.24, 2.45) is 0 Å². The predicted octanol–water partition coefficient (Wildman–Crippen LogP) is 2.23. The van der Waals surface area contributed by atoms with Gasteiger partial charge in [0.1, 0.15) is 18.2 Å². The molecule has 23 heavy (non-hydrogen) atoms. The lowest BCUT2D eigenvalue weighted by Crippen LogP contribution is -2.22. The molecule has 0 spiro atoms. The molecule has 6 heteroatoms. The molecule has 0 aliphatic rings. The minimum absolute atomic E-state index is 0.115. The Morgan fingerprint density at radius 2 is 2.09 bits per heavy atom. The third kappa shape index (κ3) is 5.15. The molecule has 1 aromatic rings. The number of anilines is 1. The number of nitrogens with one attached hydrogen (secondary N) is 2. The molecule has 0 saturated carbocycles. The molecule has 0 radical (unpaired) electrons. The molecule has 1 aromatic carbocycles.